The zero-order chi connectivity index (χ0) is 15.4. The maximum Gasteiger partial charge on any atom is 0.338 e. The highest BCUT2D eigenvalue weighted by Gasteiger charge is 2.09. The molecule has 21 heavy (non-hydrogen) atoms. The molecule has 1 aromatic carbocycles. The molecule has 1 heterocycles. The molecule has 0 aliphatic carbocycles. The monoisotopic (exact) mass is 285 g/mol. The summed E-state index contributed by atoms with van der Waals surface area (Å²) < 4.78 is 5.31. The van der Waals surface area contributed by atoms with Gasteiger partial charge in [-0.05, 0) is 38.1 Å². The molecule has 0 saturated carbocycles. The van der Waals surface area contributed by atoms with Crippen LogP contribution >= 0.6 is 0 Å². The molecular formula is C16H19N3O2. The Balaban J connectivity index is 2.06. The second kappa shape index (κ2) is 6.35. The molecule has 110 valence electrons. The second-order valence-corrected chi connectivity index (χ2v) is 5.07. The number of ether oxygens (including phenoxy) is 1. The fraction of sp³-hybridized carbons (Fsp3) is 0.312. The van der Waals surface area contributed by atoms with E-state index in [9.17, 15) is 4.79 Å². The molecule has 2 aromatic rings. The van der Waals surface area contributed by atoms with Gasteiger partial charge in [-0.3, -0.25) is 0 Å². The smallest absolute Gasteiger partial charge is 0.338 e. The number of esters is 1. The van der Waals surface area contributed by atoms with Crippen molar-refractivity contribution in [2.75, 3.05) is 19.0 Å². The summed E-state index contributed by atoms with van der Waals surface area (Å²) in [5.41, 5.74) is 3.06. The van der Waals surface area contributed by atoms with E-state index in [2.05, 4.69) is 9.97 Å². The van der Waals surface area contributed by atoms with E-state index in [1.165, 1.54) is 0 Å². The van der Waals surface area contributed by atoms with Crippen molar-refractivity contribution in [2.45, 2.75) is 20.5 Å². The number of aryl methyl sites for hydroxylation is 2. The zero-order valence-corrected chi connectivity index (χ0v) is 12.8. The van der Waals surface area contributed by atoms with Gasteiger partial charge in [-0.2, -0.15) is 0 Å². The van der Waals surface area contributed by atoms with Gasteiger partial charge in [0.1, 0.15) is 12.4 Å². The summed E-state index contributed by atoms with van der Waals surface area (Å²) in [5.74, 6) is 0.322. The molecule has 0 spiro atoms. The Morgan fingerprint density at radius 3 is 2.62 bits per heavy atom. The van der Waals surface area contributed by atoms with Crippen molar-refractivity contribution in [1.29, 1.82) is 0 Å². The molecule has 0 bridgehead atoms. The first-order valence-corrected chi connectivity index (χ1v) is 6.71. The molecule has 0 radical (unpaired) electrons. The van der Waals surface area contributed by atoms with Crippen LogP contribution in [-0.2, 0) is 11.3 Å². The van der Waals surface area contributed by atoms with Gasteiger partial charge >= 0.3 is 5.97 Å². The molecule has 0 aliphatic heterocycles. The minimum absolute atomic E-state index is 0.148. The maximum absolute atomic E-state index is 12.1. The number of rotatable bonds is 4. The normalized spacial score (nSPS) is 10.3. The van der Waals surface area contributed by atoms with Crippen molar-refractivity contribution >= 4 is 11.7 Å². The summed E-state index contributed by atoms with van der Waals surface area (Å²) in [6.45, 7) is 3.86. The highest BCUT2D eigenvalue weighted by atomic mass is 16.5. The Labute approximate surface area is 124 Å². The Bertz CT molecular complexity index is 633. The first kappa shape index (κ1) is 15.0. The van der Waals surface area contributed by atoms with Crippen LogP contribution in [0.3, 0.4) is 0 Å². The summed E-state index contributed by atoms with van der Waals surface area (Å²) in [5, 5.41) is 0. The lowest BCUT2D eigenvalue weighted by Crippen LogP contribution is -2.11. The van der Waals surface area contributed by atoms with Gasteiger partial charge in [0, 0.05) is 25.5 Å². The minimum Gasteiger partial charge on any atom is -0.456 e. The Morgan fingerprint density at radius 2 is 1.95 bits per heavy atom. The topological polar surface area (TPSA) is 55.3 Å². The molecule has 0 aliphatic rings. The van der Waals surface area contributed by atoms with Crippen LogP contribution in [0.15, 0.2) is 30.3 Å². The van der Waals surface area contributed by atoms with E-state index in [4.69, 9.17) is 4.74 Å². The molecule has 0 atom stereocenters. The third kappa shape index (κ3) is 4.02. The van der Waals surface area contributed by atoms with Crippen molar-refractivity contribution in [3.8, 4) is 0 Å². The van der Waals surface area contributed by atoms with E-state index in [1.807, 2.05) is 51.0 Å². The third-order valence-electron chi connectivity index (χ3n) is 2.97. The molecule has 5 nitrogen and oxygen atoms in total. The fourth-order valence-corrected chi connectivity index (χ4v) is 2.00. The molecule has 1 aromatic heterocycles. The second-order valence-electron chi connectivity index (χ2n) is 5.07. The fourth-order valence-electron chi connectivity index (χ4n) is 2.00. The molecule has 5 heteroatoms. The van der Waals surface area contributed by atoms with Gasteiger partial charge in [0.05, 0.1) is 11.3 Å². The van der Waals surface area contributed by atoms with Gasteiger partial charge in [-0.15, -0.1) is 0 Å². The third-order valence-corrected chi connectivity index (χ3v) is 2.97. The molecular weight excluding hydrogens is 266 g/mol. The number of carbonyl (C=O) groups excluding carboxylic acids is 1. The molecule has 2 rings (SSSR count). The van der Waals surface area contributed by atoms with Gasteiger partial charge in [0.2, 0.25) is 0 Å². The van der Waals surface area contributed by atoms with Crippen LogP contribution in [-0.4, -0.2) is 30.0 Å². The number of anilines is 1. The van der Waals surface area contributed by atoms with Crippen molar-refractivity contribution in [3.63, 3.8) is 0 Å². The molecule has 0 unspecified atom stereocenters. The Hall–Kier alpha value is -2.43. The van der Waals surface area contributed by atoms with Crippen molar-refractivity contribution in [1.82, 2.24) is 9.97 Å². The van der Waals surface area contributed by atoms with Gasteiger partial charge in [0.15, 0.2) is 0 Å². The van der Waals surface area contributed by atoms with E-state index < -0.39 is 0 Å². The van der Waals surface area contributed by atoms with Gasteiger partial charge < -0.3 is 9.64 Å². The van der Waals surface area contributed by atoms with Gasteiger partial charge in [-0.25, -0.2) is 14.8 Å². The average Bonchev–Trinajstić information content (AvgIpc) is 2.44. The molecule has 0 amide bonds. The van der Waals surface area contributed by atoms with Crippen molar-refractivity contribution in [2.24, 2.45) is 0 Å². The van der Waals surface area contributed by atoms with Crippen LogP contribution in [0.2, 0.25) is 0 Å². The van der Waals surface area contributed by atoms with Crippen LogP contribution < -0.4 is 4.90 Å². The summed E-state index contributed by atoms with van der Waals surface area (Å²) in [6, 6.07) is 9.14. The van der Waals surface area contributed by atoms with Crippen LogP contribution in [0, 0.1) is 13.8 Å². The van der Waals surface area contributed by atoms with E-state index in [0.29, 0.717) is 17.1 Å². The molecule has 0 fully saturated rings. The van der Waals surface area contributed by atoms with E-state index in [0.717, 1.165) is 11.4 Å². The zero-order valence-electron chi connectivity index (χ0n) is 12.8. The number of nitrogens with zero attached hydrogens (tertiary/aromatic N) is 3. The van der Waals surface area contributed by atoms with Crippen molar-refractivity contribution in [3.05, 3.63) is 53.1 Å². The van der Waals surface area contributed by atoms with Crippen LogP contribution in [0.4, 0.5) is 5.69 Å². The SMILES string of the molecule is Cc1cc(COC(=O)c2cccc(N(C)C)c2)nc(C)n1. The summed E-state index contributed by atoms with van der Waals surface area (Å²) >= 11 is 0. The van der Waals surface area contributed by atoms with E-state index >= 15 is 0 Å². The Kier molecular flexibility index (Phi) is 4.52. The highest BCUT2D eigenvalue weighted by Crippen LogP contribution is 2.14. The molecule has 0 saturated heterocycles. The van der Waals surface area contributed by atoms with Crippen LogP contribution in [0.25, 0.3) is 0 Å². The van der Waals surface area contributed by atoms with Gasteiger partial charge in [-0.1, -0.05) is 6.07 Å². The predicted octanol–water partition coefficient (Wildman–Crippen LogP) is 2.52. The number of benzene rings is 1. The lowest BCUT2D eigenvalue weighted by atomic mass is 10.2. The van der Waals surface area contributed by atoms with Gasteiger partial charge in [0.25, 0.3) is 0 Å². The lowest BCUT2D eigenvalue weighted by Gasteiger charge is -2.13. The number of hydrogen-bond donors (Lipinski definition) is 0. The van der Waals surface area contributed by atoms with E-state index in [1.54, 1.807) is 12.1 Å². The first-order chi connectivity index (χ1) is 9.95. The number of aromatic nitrogens is 2. The maximum atomic E-state index is 12.1. The Morgan fingerprint density at radius 1 is 1.19 bits per heavy atom. The average molecular weight is 285 g/mol. The van der Waals surface area contributed by atoms with Crippen molar-refractivity contribution < 1.29 is 9.53 Å². The summed E-state index contributed by atoms with van der Waals surface area (Å²) in [7, 11) is 3.85. The predicted molar refractivity (Wildman–Crippen MR) is 81.4 cm³/mol. The van der Waals surface area contributed by atoms with E-state index in [-0.39, 0.29) is 12.6 Å². The largest absolute Gasteiger partial charge is 0.456 e. The minimum atomic E-state index is -0.354. The number of hydrogen-bond acceptors (Lipinski definition) is 5. The molecule has 0 N–H and O–H groups in total. The number of carbonyl (C=O) groups is 1. The first-order valence-electron chi connectivity index (χ1n) is 6.71. The summed E-state index contributed by atoms with van der Waals surface area (Å²) in [6.07, 6.45) is 0. The summed E-state index contributed by atoms with van der Waals surface area (Å²) in [4.78, 5) is 22.5. The van der Waals surface area contributed by atoms with Crippen LogP contribution in [0.5, 0.6) is 0 Å². The standard InChI is InChI=1S/C16H19N3O2/c1-11-8-14(18-12(2)17-11)10-21-16(20)13-6-5-7-15(9-13)19(3)4/h5-9H,10H2,1-4H3. The lowest BCUT2D eigenvalue weighted by molar-refractivity contribution is 0.0467. The highest BCUT2D eigenvalue weighted by molar-refractivity contribution is 5.90. The quantitative estimate of drug-likeness (QED) is 0.808. The van der Waals surface area contributed by atoms with Crippen LogP contribution in [0.1, 0.15) is 27.6 Å².